The Hall–Kier alpha value is -1.02. The fraction of sp³-hybridized carbons (Fsp3) is 0.471. The summed E-state index contributed by atoms with van der Waals surface area (Å²) in [5.74, 6) is 1.40. The highest BCUT2D eigenvalue weighted by atomic mass is 32.2. The molecule has 0 heterocycles. The summed E-state index contributed by atoms with van der Waals surface area (Å²) in [6, 6.07) is 9.71. The van der Waals surface area contributed by atoms with Crippen LogP contribution in [-0.4, -0.2) is 11.5 Å². The van der Waals surface area contributed by atoms with Gasteiger partial charge in [-0.2, -0.15) is 0 Å². The van der Waals surface area contributed by atoms with Crippen LogP contribution in [0.5, 0.6) is 0 Å². The Bertz CT molecular complexity index is 448. The number of hydrogen-bond donors (Lipinski definition) is 0. The second-order valence-corrected chi connectivity index (χ2v) is 6.20. The summed E-state index contributed by atoms with van der Waals surface area (Å²) in [6.45, 7) is 2.21. The van der Waals surface area contributed by atoms with Gasteiger partial charge >= 0.3 is 0 Å². The Balaban J connectivity index is 2.15. The molecule has 0 saturated carbocycles. The molecule has 0 spiro atoms. The van der Waals surface area contributed by atoms with Crippen molar-refractivity contribution in [3.05, 3.63) is 46.4 Å². The van der Waals surface area contributed by atoms with E-state index >= 15 is 0 Å². The lowest BCUT2D eigenvalue weighted by molar-refractivity contribution is 0.102. The maximum atomic E-state index is 12.6. The lowest BCUT2D eigenvalue weighted by Crippen LogP contribution is -2.09. The molecule has 1 aliphatic carbocycles. The van der Waals surface area contributed by atoms with Crippen LogP contribution in [0.2, 0.25) is 0 Å². The standard InChI is InChI=1S/C17H22OS/c1-2-3-13-19-16-12-8-7-11-15(16)17(18)14-9-5-4-6-10-14/h4-6,9-10H,2-3,7-8,11-13H2,1H3. The number of Topliss-reactive ketones (excluding diaryl/α,β-unsaturated/α-hetero) is 1. The summed E-state index contributed by atoms with van der Waals surface area (Å²) in [7, 11) is 0. The normalized spacial score (nSPS) is 15.6. The number of ketones is 1. The molecule has 0 N–H and O–H groups in total. The number of benzene rings is 1. The van der Waals surface area contributed by atoms with Crippen molar-refractivity contribution in [2.24, 2.45) is 0 Å². The number of hydrogen-bond acceptors (Lipinski definition) is 2. The number of thioether (sulfide) groups is 1. The second-order valence-electron chi connectivity index (χ2n) is 5.01. The van der Waals surface area contributed by atoms with E-state index in [1.54, 1.807) is 0 Å². The molecule has 0 bridgehead atoms. The summed E-state index contributed by atoms with van der Waals surface area (Å²) in [5.41, 5.74) is 1.92. The van der Waals surface area contributed by atoms with Gasteiger partial charge in [-0.15, -0.1) is 11.8 Å². The molecule has 0 radical (unpaired) electrons. The third-order valence-corrected chi connectivity index (χ3v) is 4.79. The molecule has 0 amide bonds. The molecule has 0 aromatic heterocycles. The SMILES string of the molecule is CCCCSC1=C(C(=O)c2ccccc2)CCCC1. The number of unbranched alkanes of at least 4 members (excludes halogenated alkanes) is 1. The Kier molecular flexibility index (Phi) is 5.71. The molecular formula is C17H22OS. The molecule has 0 aliphatic heterocycles. The minimum atomic E-state index is 0.249. The van der Waals surface area contributed by atoms with Gasteiger partial charge in [-0.3, -0.25) is 4.79 Å². The van der Waals surface area contributed by atoms with E-state index in [9.17, 15) is 4.79 Å². The Morgan fingerprint density at radius 3 is 2.63 bits per heavy atom. The molecule has 1 aromatic rings. The molecule has 0 fully saturated rings. The number of rotatable bonds is 6. The monoisotopic (exact) mass is 274 g/mol. The zero-order valence-corrected chi connectivity index (χ0v) is 12.5. The van der Waals surface area contributed by atoms with Crippen LogP contribution in [0.15, 0.2) is 40.8 Å². The molecule has 1 nitrogen and oxygen atoms in total. The number of carbonyl (C=O) groups excluding carboxylic acids is 1. The predicted octanol–water partition coefficient (Wildman–Crippen LogP) is 5.23. The zero-order valence-electron chi connectivity index (χ0n) is 11.7. The lowest BCUT2D eigenvalue weighted by Gasteiger charge is -2.19. The molecule has 102 valence electrons. The quantitative estimate of drug-likeness (QED) is 0.522. The van der Waals surface area contributed by atoms with Crippen molar-refractivity contribution in [2.75, 3.05) is 5.75 Å². The zero-order chi connectivity index (χ0) is 13.5. The van der Waals surface area contributed by atoms with Gasteiger partial charge in [-0.1, -0.05) is 43.7 Å². The molecule has 0 saturated heterocycles. The van der Waals surface area contributed by atoms with Gasteiger partial charge in [0.2, 0.25) is 0 Å². The molecular weight excluding hydrogens is 252 g/mol. The summed E-state index contributed by atoms with van der Waals surface area (Å²) < 4.78 is 0. The number of allylic oxidation sites excluding steroid dienone is 2. The highest BCUT2D eigenvalue weighted by molar-refractivity contribution is 8.03. The predicted molar refractivity (Wildman–Crippen MR) is 83.6 cm³/mol. The maximum Gasteiger partial charge on any atom is 0.189 e. The summed E-state index contributed by atoms with van der Waals surface area (Å²) in [6.07, 6.45) is 6.92. The van der Waals surface area contributed by atoms with E-state index in [1.807, 2.05) is 42.1 Å². The van der Waals surface area contributed by atoms with Gasteiger partial charge in [0.05, 0.1) is 0 Å². The van der Waals surface area contributed by atoms with Crippen molar-refractivity contribution >= 4 is 17.5 Å². The van der Waals surface area contributed by atoms with E-state index < -0.39 is 0 Å². The first kappa shape index (κ1) is 14.4. The average molecular weight is 274 g/mol. The lowest BCUT2D eigenvalue weighted by atomic mass is 9.93. The van der Waals surface area contributed by atoms with E-state index in [1.165, 1.54) is 24.2 Å². The first-order valence-corrected chi connectivity index (χ1v) is 8.26. The van der Waals surface area contributed by atoms with E-state index in [2.05, 4.69) is 6.92 Å². The topological polar surface area (TPSA) is 17.1 Å². The first-order chi connectivity index (χ1) is 9.33. The molecule has 2 heteroatoms. The van der Waals surface area contributed by atoms with Crippen LogP contribution in [0, 0.1) is 0 Å². The van der Waals surface area contributed by atoms with Crippen molar-refractivity contribution in [3.63, 3.8) is 0 Å². The van der Waals surface area contributed by atoms with Gasteiger partial charge < -0.3 is 0 Å². The van der Waals surface area contributed by atoms with Gasteiger partial charge in [-0.25, -0.2) is 0 Å². The van der Waals surface area contributed by atoms with E-state index in [0.717, 1.165) is 36.2 Å². The highest BCUT2D eigenvalue weighted by Crippen LogP contribution is 2.35. The molecule has 1 aliphatic rings. The van der Waals surface area contributed by atoms with Gasteiger partial charge in [0, 0.05) is 11.1 Å². The second kappa shape index (κ2) is 7.54. The van der Waals surface area contributed by atoms with Crippen molar-refractivity contribution in [1.82, 2.24) is 0 Å². The molecule has 2 rings (SSSR count). The highest BCUT2D eigenvalue weighted by Gasteiger charge is 2.20. The van der Waals surface area contributed by atoms with Crippen LogP contribution in [0.4, 0.5) is 0 Å². The summed E-state index contributed by atoms with van der Waals surface area (Å²) in [4.78, 5) is 13.9. The van der Waals surface area contributed by atoms with Crippen LogP contribution < -0.4 is 0 Å². The largest absolute Gasteiger partial charge is 0.289 e. The van der Waals surface area contributed by atoms with Gasteiger partial charge in [-0.05, 0) is 42.8 Å². The van der Waals surface area contributed by atoms with Crippen LogP contribution in [0.1, 0.15) is 55.8 Å². The van der Waals surface area contributed by atoms with E-state index in [0.29, 0.717) is 0 Å². The molecule has 1 aromatic carbocycles. The number of carbonyl (C=O) groups is 1. The smallest absolute Gasteiger partial charge is 0.189 e. The fourth-order valence-electron chi connectivity index (χ4n) is 2.38. The van der Waals surface area contributed by atoms with Crippen LogP contribution in [0.25, 0.3) is 0 Å². The van der Waals surface area contributed by atoms with Gasteiger partial charge in [0.15, 0.2) is 5.78 Å². The Morgan fingerprint density at radius 1 is 1.16 bits per heavy atom. The molecule has 0 atom stereocenters. The summed E-state index contributed by atoms with van der Waals surface area (Å²) >= 11 is 1.91. The Morgan fingerprint density at radius 2 is 1.89 bits per heavy atom. The van der Waals surface area contributed by atoms with Gasteiger partial charge in [0.25, 0.3) is 0 Å². The van der Waals surface area contributed by atoms with Crippen molar-refractivity contribution in [3.8, 4) is 0 Å². The van der Waals surface area contributed by atoms with Crippen LogP contribution >= 0.6 is 11.8 Å². The third-order valence-electron chi connectivity index (χ3n) is 3.50. The van der Waals surface area contributed by atoms with Crippen LogP contribution in [-0.2, 0) is 0 Å². The van der Waals surface area contributed by atoms with Crippen molar-refractivity contribution < 1.29 is 4.79 Å². The van der Waals surface area contributed by atoms with Crippen molar-refractivity contribution in [2.45, 2.75) is 45.4 Å². The first-order valence-electron chi connectivity index (χ1n) is 7.27. The third kappa shape index (κ3) is 3.97. The van der Waals surface area contributed by atoms with Crippen molar-refractivity contribution in [1.29, 1.82) is 0 Å². The maximum absolute atomic E-state index is 12.6. The van der Waals surface area contributed by atoms with Gasteiger partial charge in [0.1, 0.15) is 0 Å². The molecule has 0 unspecified atom stereocenters. The van der Waals surface area contributed by atoms with Crippen LogP contribution in [0.3, 0.4) is 0 Å². The minimum Gasteiger partial charge on any atom is -0.289 e. The van der Waals surface area contributed by atoms with E-state index in [-0.39, 0.29) is 5.78 Å². The fourth-order valence-corrected chi connectivity index (χ4v) is 3.72. The summed E-state index contributed by atoms with van der Waals surface area (Å²) in [5, 5.41) is 0. The van der Waals surface area contributed by atoms with E-state index in [4.69, 9.17) is 0 Å². The average Bonchev–Trinajstić information content (AvgIpc) is 2.48. The molecule has 19 heavy (non-hydrogen) atoms. The minimum absolute atomic E-state index is 0.249. The Labute approximate surface area is 120 Å².